The number of hydrogen-bond acceptors (Lipinski definition) is 7. The number of benzene rings is 1. The highest BCUT2D eigenvalue weighted by molar-refractivity contribution is 7.16. The van der Waals surface area contributed by atoms with Crippen LogP contribution in [0, 0.1) is 0 Å². The second-order valence-electron chi connectivity index (χ2n) is 6.30. The van der Waals surface area contributed by atoms with Crippen molar-refractivity contribution < 1.29 is 19.1 Å². The van der Waals surface area contributed by atoms with Gasteiger partial charge < -0.3 is 14.8 Å². The fraction of sp³-hybridized carbons (Fsp3) is 0.300. The molecule has 7 nitrogen and oxygen atoms in total. The number of para-hydroxylation sites is 1. The first-order chi connectivity index (χ1) is 13.5. The molecule has 0 bridgehead atoms. The zero-order valence-electron chi connectivity index (χ0n) is 15.9. The first-order valence-corrected chi connectivity index (χ1v) is 9.74. The van der Waals surface area contributed by atoms with Crippen molar-refractivity contribution >= 4 is 39.1 Å². The number of esters is 1. The van der Waals surface area contributed by atoms with E-state index < -0.39 is 5.97 Å². The van der Waals surface area contributed by atoms with Crippen LogP contribution in [0.4, 0.5) is 5.00 Å². The predicted molar refractivity (Wildman–Crippen MR) is 108 cm³/mol. The molecule has 0 aliphatic heterocycles. The van der Waals surface area contributed by atoms with Crippen molar-refractivity contribution in [2.75, 3.05) is 18.5 Å². The lowest BCUT2D eigenvalue weighted by atomic mass is 10.1. The van der Waals surface area contributed by atoms with E-state index in [9.17, 15) is 9.59 Å². The van der Waals surface area contributed by atoms with Gasteiger partial charge in [-0.25, -0.2) is 14.8 Å². The summed E-state index contributed by atoms with van der Waals surface area (Å²) < 4.78 is 10.7. The van der Waals surface area contributed by atoms with E-state index in [2.05, 4.69) is 15.3 Å². The Hall–Kier alpha value is -3.00. The van der Waals surface area contributed by atoms with E-state index >= 15 is 0 Å². The van der Waals surface area contributed by atoms with Gasteiger partial charge in [0, 0.05) is 4.88 Å². The minimum Gasteiger partial charge on any atom is -0.467 e. The number of ether oxygens (including phenoxy) is 2. The van der Waals surface area contributed by atoms with Crippen molar-refractivity contribution in [3.63, 3.8) is 0 Å². The Balaban J connectivity index is 1.73. The maximum absolute atomic E-state index is 12.4. The summed E-state index contributed by atoms with van der Waals surface area (Å²) in [5, 5.41) is 3.94. The molecule has 0 aliphatic carbocycles. The van der Waals surface area contributed by atoms with Crippen molar-refractivity contribution in [1.29, 1.82) is 0 Å². The van der Waals surface area contributed by atoms with Crippen LogP contribution in [0.2, 0.25) is 0 Å². The molecular weight excluding hydrogens is 378 g/mol. The monoisotopic (exact) mass is 399 g/mol. The molecule has 3 rings (SSSR count). The van der Waals surface area contributed by atoms with Gasteiger partial charge in [0.1, 0.15) is 11.3 Å². The van der Waals surface area contributed by atoms with Crippen molar-refractivity contribution in [3.8, 4) is 5.88 Å². The summed E-state index contributed by atoms with van der Waals surface area (Å²) in [6.45, 7) is 5.82. The van der Waals surface area contributed by atoms with Crippen molar-refractivity contribution in [3.05, 3.63) is 47.1 Å². The Labute approximate surface area is 166 Å². The summed E-state index contributed by atoms with van der Waals surface area (Å²) in [5.41, 5.74) is 1.09. The van der Waals surface area contributed by atoms with E-state index in [1.165, 1.54) is 17.7 Å². The normalized spacial score (nSPS) is 10.9. The minimum atomic E-state index is -0.455. The molecule has 8 heteroatoms. The molecule has 1 amide bonds. The van der Waals surface area contributed by atoms with Gasteiger partial charge >= 0.3 is 5.97 Å². The third kappa shape index (κ3) is 4.45. The molecule has 0 fully saturated rings. The lowest BCUT2D eigenvalue weighted by Crippen LogP contribution is -2.21. The standard InChI is InChI=1S/C20H21N3O4S/c1-4-26-20(25)14-9-16(12(2)3)28-19(14)23-17(24)10-27-18-13-7-5-6-8-15(13)21-11-22-18/h5-9,11-12H,4,10H2,1-3H3,(H,23,24). The highest BCUT2D eigenvalue weighted by Gasteiger charge is 2.20. The number of carbonyl (C=O) groups excluding carboxylic acids is 2. The molecule has 0 radical (unpaired) electrons. The Kier molecular flexibility index (Phi) is 6.20. The van der Waals surface area contributed by atoms with E-state index in [1.54, 1.807) is 13.0 Å². The van der Waals surface area contributed by atoms with Crippen LogP contribution in [0.5, 0.6) is 5.88 Å². The fourth-order valence-corrected chi connectivity index (χ4v) is 3.60. The Morgan fingerprint density at radius 3 is 2.75 bits per heavy atom. The molecule has 0 aliphatic rings. The number of nitrogens with one attached hydrogen (secondary N) is 1. The molecule has 0 spiro atoms. The molecule has 0 atom stereocenters. The van der Waals surface area contributed by atoms with Gasteiger partial charge in [-0.15, -0.1) is 11.3 Å². The Bertz CT molecular complexity index is 995. The van der Waals surface area contributed by atoms with Gasteiger partial charge in [-0.1, -0.05) is 26.0 Å². The van der Waals surface area contributed by atoms with Gasteiger partial charge in [-0.3, -0.25) is 4.79 Å². The molecular formula is C20H21N3O4S. The molecule has 0 saturated carbocycles. The number of rotatable bonds is 7. The van der Waals surface area contributed by atoms with Gasteiger partial charge in [-0.2, -0.15) is 0 Å². The minimum absolute atomic E-state index is 0.229. The number of fused-ring (bicyclic) bond motifs is 1. The zero-order chi connectivity index (χ0) is 20.1. The van der Waals surface area contributed by atoms with E-state index in [0.717, 1.165) is 15.8 Å². The Morgan fingerprint density at radius 2 is 2.00 bits per heavy atom. The molecule has 2 heterocycles. The van der Waals surface area contributed by atoms with Crippen molar-refractivity contribution in [2.45, 2.75) is 26.7 Å². The number of thiophene rings is 1. The summed E-state index contributed by atoms with van der Waals surface area (Å²) >= 11 is 1.36. The maximum atomic E-state index is 12.4. The van der Waals surface area contributed by atoms with Crippen LogP contribution in [-0.4, -0.2) is 35.1 Å². The van der Waals surface area contributed by atoms with E-state index in [-0.39, 0.29) is 25.0 Å². The molecule has 2 aromatic heterocycles. The largest absolute Gasteiger partial charge is 0.467 e. The number of carbonyl (C=O) groups is 2. The van der Waals surface area contributed by atoms with Gasteiger partial charge in [0.05, 0.1) is 23.1 Å². The van der Waals surface area contributed by atoms with Gasteiger partial charge in [0.15, 0.2) is 6.61 Å². The van der Waals surface area contributed by atoms with E-state index in [1.807, 2.05) is 38.1 Å². The topological polar surface area (TPSA) is 90.4 Å². The molecule has 146 valence electrons. The Morgan fingerprint density at radius 1 is 1.21 bits per heavy atom. The SMILES string of the molecule is CCOC(=O)c1cc(C(C)C)sc1NC(=O)COc1ncnc2ccccc12. The van der Waals surface area contributed by atoms with Crippen LogP contribution in [0.1, 0.15) is 41.9 Å². The van der Waals surface area contributed by atoms with Crippen LogP contribution < -0.4 is 10.1 Å². The van der Waals surface area contributed by atoms with Crippen LogP contribution in [-0.2, 0) is 9.53 Å². The average molecular weight is 399 g/mol. The van der Waals surface area contributed by atoms with Crippen LogP contribution in [0.25, 0.3) is 10.9 Å². The number of aromatic nitrogens is 2. The molecule has 1 N–H and O–H groups in total. The van der Waals surface area contributed by atoms with E-state index in [4.69, 9.17) is 9.47 Å². The number of nitrogens with zero attached hydrogens (tertiary/aromatic N) is 2. The maximum Gasteiger partial charge on any atom is 0.341 e. The molecule has 0 unspecified atom stereocenters. The van der Waals surface area contributed by atoms with Gasteiger partial charge in [0.25, 0.3) is 5.91 Å². The second-order valence-corrected chi connectivity index (χ2v) is 7.38. The number of anilines is 1. The first-order valence-electron chi connectivity index (χ1n) is 8.92. The van der Waals surface area contributed by atoms with Crippen LogP contribution in [0.15, 0.2) is 36.7 Å². The van der Waals surface area contributed by atoms with Crippen molar-refractivity contribution in [2.24, 2.45) is 0 Å². The van der Waals surface area contributed by atoms with E-state index in [0.29, 0.717) is 16.4 Å². The van der Waals surface area contributed by atoms with Gasteiger partial charge in [0.2, 0.25) is 5.88 Å². The lowest BCUT2D eigenvalue weighted by Gasteiger charge is -2.08. The summed E-state index contributed by atoms with van der Waals surface area (Å²) in [6.07, 6.45) is 1.39. The smallest absolute Gasteiger partial charge is 0.341 e. The van der Waals surface area contributed by atoms with Crippen molar-refractivity contribution in [1.82, 2.24) is 9.97 Å². The summed E-state index contributed by atoms with van der Waals surface area (Å²) in [4.78, 5) is 33.9. The highest BCUT2D eigenvalue weighted by atomic mass is 32.1. The van der Waals surface area contributed by atoms with Crippen LogP contribution in [0.3, 0.4) is 0 Å². The molecule has 28 heavy (non-hydrogen) atoms. The number of hydrogen-bond donors (Lipinski definition) is 1. The molecule has 0 saturated heterocycles. The average Bonchev–Trinajstić information content (AvgIpc) is 3.10. The zero-order valence-corrected chi connectivity index (χ0v) is 16.7. The number of amides is 1. The van der Waals surface area contributed by atoms with Crippen LogP contribution >= 0.6 is 11.3 Å². The predicted octanol–water partition coefficient (Wildman–Crippen LogP) is 4.01. The molecule has 1 aromatic carbocycles. The summed E-state index contributed by atoms with van der Waals surface area (Å²) in [5.74, 6) is -0.276. The highest BCUT2D eigenvalue weighted by Crippen LogP contribution is 2.33. The summed E-state index contributed by atoms with van der Waals surface area (Å²) in [7, 11) is 0. The summed E-state index contributed by atoms with van der Waals surface area (Å²) in [6, 6.07) is 9.15. The third-order valence-electron chi connectivity index (χ3n) is 3.91. The second kappa shape index (κ2) is 8.79. The first kappa shape index (κ1) is 19.8. The molecule has 3 aromatic rings. The third-order valence-corrected chi connectivity index (χ3v) is 5.27. The fourth-order valence-electron chi connectivity index (χ4n) is 2.54. The van der Waals surface area contributed by atoms with Gasteiger partial charge in [-0.05, 0) is 31.0 Å². The lowest BCUT2D eigenvalue weighted by molar-refractivity contribution is -0.118. The quantitative estimate of drug-likeness (QED) is 0.604.